The minimum Gasteiger partial charge on any atom is -0.464 e. The highest BCUT2D eigenvalue weighted by molar-refractivity contribution is 5.95. The topological polar surface area (TPSA) is 143 Å². The Morgan fingerprint density at radius 1 is 1.06 bits per heavy atom. The maximum absolute atomic E-state index is 12.7. The molecule has 36 heavy (non-hydrogen) atoms. The molecule has 0 bridgehead atoms. The van der Waals surface area contributed by atoms with Gasteiger partial charge in [0.1, 0.15) is 23.0 Å². The molecule has 0 saturated heterocycles. The summed E-state index contributed by atoms with van der Waals surface area (Å²) in [7, 11) is 1.25. The molecule has 0 spiro atoms. The van der Waals surface area contributed by atoms with Gasteiger partial charge in [0, 0.05) is 30.2 Å². The van der Waals surface area contributed by atoms with Gasteiger partial charge in [-0.05, 0) is 48.4 Å². The van der Waals surface area contributed by atoms with Crippen molar-refractivity contribution < 1.29 is 24.3 Å². The number of aliphatic hydroxyl groups is 1. The molecule has 10 nitrogen and oxygen atoms in total. The van der Waals surface area contributed by atoms with E-state index in [1.165, 1.54) is 19.2 Å². The number of nitrogens with two attached hydrogens (primary N) is 1. The maximum Gasteiger partial charge on any atom is 0.358 e. The number of imidazole rings is 1. The summed E-state index contributed by atoms with van der Waals surface area (Å²) < 4.78 is 11.9. The number of nitrogens with zero attached hydrogens (tertiary/aromatic N) is 3. The number of nitro benzene ring substituents is 1. The van der Waals surface area contributed by atoms with Gasteiger partial charge in [-0.2, -0.15) is 0 Å². The van der Waals surface area contributed by atoms with Crippen molar-refractivity contribution in [2.45, 2.75) is 12.3 Å². The quantitative estimate of drug-likeness (QED) is 0.154. The molecule has 0 radical (unpaired) electrons. The van der Waals surface area contributed by atoms with E-state index in [1.807, 2.05) is 30.3 Å². The van der Waals surface area contributed by atoms with Crippen LogP contribution < -0.4 is 10.6 Å². The molecule has 1 heterocycles. The van der Waals surface area contributed by atoms with Gasteiger partial charge in [0.2, 0.25) is 0 Å². The van der Waals surface area contributed by atoms with Crippen molar-refractivity contribution in [1.82, 2.24) is 9.66 Å². The van der Waals surface area contributed by atoms with Crippen LogP contribution in [0, 0.1) is 10.1 Å². The molecule has 0 saturated carbocycles. The Bertz CT molecular complexity index is 1350. The molecule has 1 unspecified atom stereocenters. The highest BCUT2D eigenvalue weighted by Gasteiger charge is 2.29. The zero-order chi connectivity index (χ0) is 25.7. The summed E-state index contributed by atoms with van der Waals surface area (Å²) in [5.74, 6) is 6.71. The molecular formula is C26H24N4O6. The first kappa shape index (κ1) is 24.4. The normalized spacial score (nSPS) is 11.6. The Kier molecular flexibility index (Phi) is 7.26. The SMILES string of the molecule is COC(=O)c1c(-c2ccc(Oc3ccccc3)cc2)nc(C(CCO)c2ccc([N+](=O)[O-])cc2)n1N. The average molecular weight is 489 g/mol. The van der Waals surface area contributed by atoms with E-state index in [9.17, 15) is 20.0 Å². The van der Waals surface area contributed by atoms with E-state index < -0.39 is 16.8 Å². The standard InChI is InChI=1S/C26H24N4O6/c1-35-26(32)24-23(18-9-13-21(14-10-18)36-20-5-3-2-4-6-20)28-25(29(24)27)22(15-16-31)17-7-11-19(12-8-17)30(33)34/h2-14,22,31H,15-16,27H2,1H3. The first-order chi connectivity index (χ1) is 17.4. The third kappa shape index (κ3) is 5.03. The van der Waals surface area contributed by atoms with E-state index in [1.54, 1.807) is 36.4 Å². The summed E-state index contributed by atoms with van der Waals surface area (Å²) >= 11 is 0. The smallest absolute Gasteiger partial charge is 0.358 e. The summed E-state index contributed by atoms with van der Waals surface area (Å²) in [4.78, 5) is 27.9. The van der Waals surface area contributed by atoms with Crippen LogP contribution in [0.1, 0.15) is 34.2 Å². The van der Waals surface area contributed by atoms with E-state index in [4.69, 9.17) is 15.3 Å². The molecule has 3 aromatic carbocycles. The van der Waals surface area contributed by atoms with Gasteiger partial charge in [-0.3, -0.25) is 10.1 Å². The zero-order valence-electron chi connectivity index (χ0n) is 19.4. The summed E-state index contributed by atoms with van der Waals surface area (Å²) in [6.07, 6.45) is 0.232. The molecule has 0 fully saturated rings. The predicted molar refractivity (Wildman–Crippen MR) is 132 cm³/mol. The van der Waals surface area contributed by atoms with E-state index >= 15 is 0 Å². The van der Waals surface area contributed by atoms with Crippen LogP contribution in [0.2, 0.25) is 0 Å². The average Bonchev–Trinajstić information content (AvgIpc) is 3.24. The molecule has 184 valence electrons. The van der Waals surface area contributed by atoms with Gasteiger partial charge in [0.15, 0.2) is 5.69 Å². The third-order valence-corrected chi connectivity index (χ3v) is 5.66. The summed E-state index contributed by atoms with van der Waals surface area (Å²) in [5, 5.41) is 20.7. The minimum atomic E-state index is -0.678. The van der Waals surface area contributed by atoms with Crippen molar-refractivity contribution in [3.05, 3.63) is 106 Å². The van der Waals surface area contributed by atoms with E-state index in [0.29, 0.717) is 34.1 Å². The monoisotopic (exact) mass is 488 g/mol. The van der Waals surface area contributed by atoms with Crippen LogP contribution in [0.25, 0.3) is 11.3 Å². The predicted octanol–water partition coefficient (Wildman–Crippen LogP) is 4.27. The number of esters is 1. The molecular weight excluding hydrogens is 464 g/mol. The lowest BCUT2D eigenvalue weighted by Gasteiger charge is -2.16. The number of nitro groups is 1. The second kappa shape index (κ2) is 10.7. The van der Waals surface area contributed by atoms with Gasteiger partial charge in [-0.15, -0.1) is 0 Å². The number of para-hydroxylation sites is 1. The van der Waals surface area contributed by atoms with E-state index in [-0.39, 0.29) is 24.4 Å². The highest BCUT2D eigenvalue weighted by atomic mass is 16.6. The van der Waals surface area contributed by atoms with Crippen LogP contribution in [0.4, 0.5) is 5.69 Å². The molecule has 4 rings (SSSR count). The lowest BCUT2D eigenvalue weighted by molar-refractivity contribution is -0.384. The Labute approximate surface area is 206 Å². The second-order valence-corrected chi connectivity index (χ2v) is 7.88. The number of carbonyl (C=O) groups excluding carboxylic acids is 1. The number of aliphatic hydroxyl groups excluding tert-OH is 1. The van der Waals surface area contributed by atoms with Crippen molar-refractivity contribution in [1.29, 1.82) is 0 Å². The van der Waals surface area contributed by atoms with Crippen molar-refractivity contribution in [3.63, 3.8) is 0 Å². The Balaban J connectivity index is 1.74. The fraction of sp³-hybridized carbons (Fsp3) is 0.154. The highest BCUT2D eigenvalue weighted by Crippen LogP contribution is 2.33. The fourth-order valence-corrected chi connectivity index (χ4v) is 3.90. The zero-order valence-corrected chi connectivity index (χ0v) is 19.4. The Morgan fingerprint density at radius 2 is 1.69 bits per heavy atom. The maximum atomic E-state index is 12.7. The molecule has 0 amide bonds. The van der Waals surface area contributed by atoms with Gasteiger partial charge in [0.05, 0.1) is 12.0 Å². The molecule has 1 atom stereocenters. The van der Waals surface area contributed by atoms with E-state index in [2.05, 4.69) is 4.98 Å². The third-order valence-electron chi connectivity index (χ3n) is 5.66. The van der Waals surface area contributed by atoms with Crippen LogP contribution in [0.5, 0.6) is 11.5 Å². The number of hydrogen-bond donors (Lipinski definition) is 2. The molecule has 1 aromatic heterocycles. The lowest BCUT2D eigenvalue weighted by Crippen LogP contribution is -2.22. The van der Waals surface area contributed by atoms with Gasteiger partial charge in [-0.25, -0.2) is 14.5 Å². The van der Waals surface area contributed by atoms with Gasteiger partial charge in [-0.1, -0.05) is 30.3 Å². The minimum absolute atomic E-state index is 0.0362. The number of hydrogen-bond acceptors (Lipinski definition) is 8. The van der Waals surface area contributed by atoms with Crippen LogP contribution in [0.15, 0.2) is 78.9 Å². The Morgan fingerprint density at radius 3 is 2.28 bits per heavy atom. The number of benzene rings is 3. The molecule has 0 aliphatic heterocycles. The Hall–Kier alpha value is -4.70. The first-order valence-electron chi connectivity index (χ1n) is 11.1. The summed E-state index contributed by atoms with van der Waals surface area (Å²) in [6.45, 7) is -0.192. The lowest BCUT2D eigenvalue weighted by atomic mass is 9.95. The first-order valence-corrected chi connectivity index (χ1v) is 11.1. The van der Waals surface area contributed by atoms with Crippen molar-refractivity contribution >= 4 is 11.7 Å². The second-order valence-electron chi connectivity index (χ2n) is 7.88. The number of aromatic nitrogens is 2. The fourth-order valence-electron chi connectivity index (χ4n) is 3.90. The molecule has 10 heteroatoms. The van der Waals surface area contributed by atoms with Gasteiger partial charge >= 0.3 is 5.97 Å². The van der Waals surface area contributed by atoms with Crippen molar-refractivity contribution in [2.24, 2.45) is 0 Å². The summed E-state index contributed by atoms with van der Waals surface area (Å²) in [5.41, 5.74) is 1.53. The largest absolute Gasteiger partial charge is 0.464 e. The van der Waals surface area contributed by atoms with Gasteiger partial charge < -0.3 is 20.4 Å². The number of nitrogen functional groups attached to an aromatic ring is 1. The van der Waals surface area contributed by atoms with Crippen LogP contribution in [-0.4, -0.2) is 39.4 Å². The van der Waals surface area contributed by atoms with Gasteiger partial charge in [0.25, 0.3) is 5.69 Å². The molecule has 3 N–H and O–H groups in total. The number of carbonyl (C=O) groups is 1. The van der Waals surface area contributed by atoms with Crippen molar-refractivity contribution in [2.75, 3.05) is 19.6 Å². The number of methoxy groups -OCH3 is 1. The number of rotatable bonds is 9. The van der Waals surface area contributed by atoms with Crippen molar-refractivity contribution in [3.8, 4) is 22.8 Å². The van der Waals surface area contributed by atoms with Crippen LogP contribution in [0.3, 0.4) is 0 Å². The van der Waals surface area contributed by atoms with E-state index in [0.717, 1.165) is 4.68 Å². The van der Waals surface area contributed by atoms with Crippen LogP contribution in [-0.2, 0) is 4.74 Å². The summed E-state index contributed by atoms with van der Waals surface area (Å²) in [6, 6.07) is 22.2. The van der Waals surface area contributed by atoms with Crippen LogP contribution >= 0.6 is 0 Å². The molecule has 4 aromatic rings. The molecule has 0 aliphatic carbocycles. The number of ether oxygens (including phenoxy) is 2. The molecule has 0 aliphatic rings. The number of non-ortho nitro benzene ring substituents is 1.